The first-order valence-corrected chi connectivity index (χ1v) is 1.95. The molecule has 0 aliphatic heterocycles. The van der Waals surface area contributed by atoms with Crippen LogP contribution in [0.2, 0.25) is 0 Å². The van der Waals surface area contributed by atoms with Crippen LogP contribution in [-0.4, -0.2) is 64.2 Å². The zero-order valence-corrected chi connectivity index (χ0v) is 7.99. The molecule has 0 bridgehead atoms. The molecule has 0 rings (SSSR count). The van der Waals surface area contributed by atoms with E-state index < -0.39 is 9.17 Å². The Kier molecular flexibility index (Phi) is 25.7. The fourth-order valence-electron chi connectivity index (χ4n) is 0. The number of rotatable bonds is 0. The molecule has 0 radical (unpaired) electrons. The molecule has 0 aromatic rings. The fraction of sp³-hybridized carbons (Fsp3) is 0. The predicted octanol–water partition coefficient (Wildman–Crippen LogP) is -4.65. The Balaban J connectivity index is -0.00000000450. The molecule has 6 heteroatoms. The van der Waals surface area contributed by atoms with E-state index in [-0.39, 0.29) is 68.6 Å². The number of hydrogen-bond donors (Lipinski definition) is 2. The van der Waals surface area contributed by atoms with E-state index in [4.69, 9.17) is 14.1 Å². The smallest absolute Gasteiger partial charge is 1.00 e. The Labute approximate surface area is 90.6 Å². The minimum absolute atomic E-state index is 0. The Morgan fingerprint density at radius 2 is 1.50 bits per heavy atom. The van der Waals surface area contributed by atoms with Gasteiger partial charge in [-0.25, -0.2) is 0 Å². The van der Waals surface area contributed by atoms with Gasteiger partial charge in [0.2, 0.25) is 0 Å². The first-order valence-electron chi connectivity index (χ1n) is 0.651. The van der Waals surface area contributed by atoms with Gasteiger partial charge in [0, 0.05) is 0 Å². The van der Waals surface area contributed by atoms with Gasteiger partial charge in [0.15, 0.2) is 0 Å². The zero-order chi connectivity index (χ0) is 3.58. The first-order chi connectivity index (χ1) is 1.73. The minimum Gasteiger partial charge on any atom is -1.00 e. The largest absolute Gasteiger partial charge is 2.00 e. The van der Waals surface area contributed by atoms with Gasteiger partial charge in [-0.1, -0.05) is 0 Å². The fourth-order valence-corrected chi connectivity index (χ4v) is 0. The molecular formula is H5LiO3SiSr. The molecule has 0 heterocycles. The minimum atomic E-state index is -3.13. The van der Waals surface area contributed by atoms with E-state index >= 15 is 0 Å². The Morgan fingerprint density at radius 3 is 1.50 bits per heavy atom. The maximum Gasteiger partial charge on any atom is 2.00 e. The second-order valence-electron chi connectivity index (χ2n) is 0.283. The van der Waals surface area contributed by atoms with Gasteiger partial charge in [0.1, 0.15) is 0 Å². The summed E-state index contributed by atoms with van der Waals surface area (Å²) in [4.78, 5) is 14.3. The normalized spacial score (nSPS) is 4.00. The maximum atomic E-state index is 8.74. The van der Waals surface area contributed by atoms with E-state index in [1.54, 1.807) is 0 Å². The van der Waals surface area contributed by atoms with Crippen LogP contribution in [0.1, 0.15) is 4.28 Å². The van der Waals surface area contributed by atoms with Gasteiger partial charge in [0.25, 0.3) is 0 Å². The van der Waals surface area contributed by atoms with Crippen molar-refractivity contribution in [1.82, 2.24) is 0 Å². The van der Waals surface area contributed by atoms with Crippen LogP contribution in [0.15, 0.2) is 0 Å². The average molecular weight is 176 g/mol. The topological polar surface area (TPSA) is 57.5 Å². The van der Waals surface area contributed by atoms with Crippen LogP contribution < -0.4 is 18.9 Å². The zero-order valence-electron chi connectivity index (χ0n) is 6.51. The molecular weight excluding hydrogens is 171 g/mol. The van der Waals surface area contributed by atoms with Crippen molar-refractivity contribution in [3.63, 3.8) is 0 Å². The van der Waals surface area contributed by atoms with Gasteiger partial charge < -0.3 is 13.9 Å². The predicted molar refractivity (Wildman–Crippen MR) is 20.0 cm³/mol. The molecule has 0 aromatic heterocycles. The summed E-state index contributed by atoms with van der Waals surface area (Å²) in [6, 6.07) is 0. The molecule has 0 amide bonds. The molecule has 0 atom stereocenters. The summed E-state index contributed by atoms with van der Waals surface area (Å²) < 4.78 is 8.74. The molecule has 30 valence electrons. The third-order valence-corrected chi connectivity index (χ3v) is 0. The summed E-state index contributed by atoms with van der Waals surface area (Å²) in [5.41, 5.74) is 0. The third kappa shape index (κ3) is 43.7. The summed E-state index contributed by atoms with van der Waals surface area (Å²) >= 11 is 0. The second kappa shape index (κ2) is 9.85. The summed E-state index contributed by atoms with van der Waals surface area (Å²) in [5, 5.41) is 0. The molecule has 0 unspecified atom stereocenters. The standard InChI is InChI=1S/Li.H2O3Si.Sr.3H/c;1-4(2)3;;;;/h;1-2H;;;;/q+1;;+2;3*-1. The van der Waals surface area contributed by atoms with Crippen LogP contribution in [0.4, 0.5) is 0 Å². The number of hydrogen-bond acceptors (Lipinski definition) is 1. The van der Waals surface area contributed by atoms with Crippen molar-refractivity contribution in [2.24, 2.45) is 0 Å². The van der Waals surface area contributed by atoms with Crippen molar-refractivity contribution in [3.8, 4) is 0 Å². The van der Waals surface area contributed by atoms with Gasteiger partial charge in [-0.05, 0) is 0 Å². The van der Waals surface area contributed by atoms with Crippen molar-refractivity contribution in [2.45, 2.75) is 0 Å². The van der Waals surface area contributed by atoms with Gasteiger partial charge in [-0.3, -0.25) is 4.46 Å². The second-order valence-corrected chi connectivity index (χ2v) is 0.848. The van der Waals surface area contributed by atoms with Gasteiger partial charge in [-0.15, -0.1) is 0 Å². The van der Waals surface area contributed by atoms with E-state index in [1.807, 2.05) is 0 Å². The van der Waals surface area contributed by atoms with E-state index in [0.717, 1.165) is 0 Å². The van der Waals surface area contributed by atoms with Crippen LogP contribution >= 0.6 is 0 Å². The Bertz CT molecular complexity index is 42.0. The molecule has 6 heavy (non-hydrogen) atoms. The summed E-state index contributed by atoms with van der Waals surface area (Å²) in [5.74, 6) is 0. The van der Waals surface area contributed by atoms with E-state index in [0.29, 0.717) is 0 Å². The van der Waals surface area contributed by atoms with Gasteiger partial charge in [-0.2, -0.15) is 0 Å². The molecule has 0 aromatic carbocycles. The summed E-state index contributed by atoms with van der Waals surface area (Å²) in [7, 11) is -3.13. The molecule has 0 saturated carbocycles. The van der Waals surface area contributed by atoms with Crippen LogP contribution in [0.25, 0.3) is 0 Å². The van der Waals surface area contributed by atoms with Crippen molar-refractivity contribution in [3.05, 3.63) is 0 Å². The molecule has 2 N–H and O–H groups in total. The molecule has 0 spiro atoms. The summed E-state index contributed by atoms with van der Waals surface area (Å²) in [6.07, 6.45) is 0. The summed E-state index contributed by atoms with van der Waals surface area (Å²) in [6.45, 7) is 0. The first kappa shape index (κ1) is 15.6. The Hall–Kier alpha value is 1.69. The van der Waals surface area contributed by atoms with E-state index in [9.17, 15) is 0 Å². The Morgan fingerprint density at radius 1 is 1.50 bits per heavy atom. The van der Waals surface area contributed by atoms with Crippen molar-refractivity contribution in [1.29, 1.82) is 0 Å². The SMILES string of the molecule is O=[Si](O)O.[H-].[H-].[H-].[Li+].[Sr+2]. The molecule has 0 fully saturated rings. The molecule has 3 nitrogen and oxygen atoms in total. The van der Waals surface area contributed by atoms with Crippen LogP contribution in [0.5, 0.6) is 0 Å². The maximum absolute atomic E-state index is 8.74. The molecule has 0 aliphatic carbocycles. The van der Waals surface area contributed by atoms with Crippen molar-refractivity contribution in [2.75, 3.05) is 0 Å². The van der Waals surface area contributed by atoms with E-state index in [2.05, 4.69) is 0 Å². The van der Waals surface area contributed by atoms with Gasteiger partial charge >= 0.3 is 73.5 Å². The van der Waals surface area contributed by atoms with Crippen molar-refractivity contribution < 1.29 is 37.2 Å². The van der Waals surface area contributed by atoms with E-state index in [1.165, 1.54) is 0 Å². The molecule has 0 saturated heterocycles. The van der Waals surface area contributed by atoms with Gasteiger partial charge in [0.05, 0.1) is 0 Å². The average Bonchev–Trinajstić information content (AvgIpc) is 0.811. The monoisotopic (exact) mass is 176 g/mol. The van der Waals surface area contributed by atoms with Crippen LogP contribution in [0.3, 0.4) is 0 Å². The quantitative estimate of drug-likeness (QED) is 0.364. The third-order valence-electron chi connectivity index (χ3n) is 0. The molecule has 0 aliphatic rings. The van der Waals surface area contributed by atoms with Crippen molar-refractivity contribution >= 4 is 54.7 Å². The van der Waals surface area contributed by atoms with Crippen LogP contribution in [0, 0.1) is 0 Å². The van der Waals surface area contributed by atoms with Crippen LogP contribution in [-0.2, 0) is 4.46 Å².